The van der Waals surface area contributed by atoms with Crippen LogP contribution in [0.25, 0.3) is 11.1 Å². The van der Waals surface area contributed by atoms with E-state index in [9.17, 15) is 4.79 Å². The molecule has 2 aromatic carbocycles. The zero-order valence-corrected chi connectivity index (χ0v) is 17.9. The zero-order valence-electron chi connectivity index (χ0n) is 17.9. The van der Waals surface area contributed by atoms with E-state index in [2.05, 4.69) is 25.8 Å². The molecule has 0 saturated carbocycles. The average Bonchev–Trinajstić information content (AvgIpc) is 3.11. The van der Waals surface area contributed by atoms with Crippen molar-refractivity contribution in [3.05, 3.63) is 50.8 Å². The van der Waals surface area contributed by atoms with Gasteiger partial charge >= 0.3 is 5.97 Å². The molecule has 154 valence electrons. The van der Waals surface area contributed by atoms with Gasteiger partial charge in [-0.1, -0.05) is 0 Å². The fourth-order valence-corrected chi connectivity index (χ4v) is 4.94. The van der Waals surface area contributed by atoms with Crippen molar-refractivity contribution in [2.75, 3.05) is 20.8 Å². The predicted molar refractivity (Wildman–Crippen MR) is 111 cm³/mol. The summed E-state index contributed by atoms with van der Waals surface area (Å²) in [5, 5.41) is 0. The third-order valence-electron chi connectivity index (χ3n) is 6.51. The Bertz CT molecular complexity index is 1010. The maximum Gasteiger partial charge on any atom is 0.310 e. The molecule has 0 bridgehead atoms. The highest BCUT2D eigenvalue weighted by molar-refractivity contribution is 5.84. The number of nitrogens with zero attached hydrogens (tertiary/aromatic N) is 1. The summed E-state index contributed by atoms with van der Waals surface area (Å²) in [4.78, 5) is 14.5. The Kier molecular flexibility index (Phi) is 5.11. The fraction of sp³-hybridized carbons (Fsp3) is 0.458. The lowest BCUT2D eigenvalue weighted by Gasteiger charge is -2.25. The van der Waals surface area contributed by atoms with Gasteiger partial charge in [-0.3, -0.25) is 9.69 Å². The minimum Gasteiger partial charge on any atom is -0.490 e. The van der Waals surface area contributed by atoms with Crippen LogP contribution in [0.3, 0.4) is 0 Å². The summed E-state index contributed by atoms with van der Waals surface area (Å²) in [7, 11) is 3.51. The Morgan fingerprint density at radius 2 is 1.83 bits per heavy atom. The monoisotopic (exact) mass is 397 g/mol. The van der Waals surface area contributed by atoms with Crippen molar-refractivity contribution in [1.82, 2.24) is 4.90 Å². The molecule has 2 aliphatic rings. The second-order valence-corrected chi connectivity index (χ2v) is 8.28. The SMILES string of the molecule is COC(=O)Cc1c(C)c2c(c(C)c1-c1cc(F)c3c(c1C)CCCO3)CN(C)C2. The second kappa shape index (κ2) is 7.45. The topological polar surface area (TPSA) is 38.8 Å². The minimum atomic E-state index is -0.320. The smallest absolute Gasteiger partial charge is 0.310 e. The van der Waals surface area contributed by atoms with Crippen LogP contribution in [-0.4, -0.2) is 31.6 Å². The molecule has 0 amide bonds. The standard InChI is InChI=1S/C24H28FNO3/c1-13-16-7-6-8-29-24(16)21(25)9-17(13)23-15(3)20-12-26(4)11-19(20)14(2)18(23)10-22(27)28-5/h9H,6-8,10-12H2,1-5H3. The van der Waals surface area contributed by atoms with Crippen molar-refractivity contribution in [2.45, 2.75) is 53.1 Å². The summed E-state index contributed by atoms with van der Waals surface area (Å²) in [6.07, 6.45) is 1.88. The van der Waals surface area contributed by atoms with Crippen LogP contribution in [0.1, 0.15) is 45.4 Å². The van der Waals surface area contributed by atoms with Gasteiger partial charge in [0.15, 0.2) is 11.6 Å². The van der Waals surface area contributed by atoms with Gasteiger partial charge in [0.25, 0.3) is 0 Å². The number of methoxy groups -OCH3 is 1. The average molecular weight is 397 g/mol. The lowest BCUT2D eigenvalue weighted by atomic mass is 9.81. The Morgan fingerprint density at radius 1 is 1.14 bits per heavy atom. The lowest BCUT2D eigenvalue weighted by Crippen LogP contribution is -2.14. The summed E-state index contributed by atoms with van der Waals surface area (Å²) in [5.74, 6) is -0.208. The molecule has 0 spiro atoms. The van der Waals surface area contributed by atoms with Crippen LogP contribution >= 0.6 is 0 Å². The maximum absolute atomic E-state index is 15.0. The Balaban J connectivity index is 2.01. The largest absolute Gasteiger partial charge is 0.490 e. The third-order valence-corrected chi connectivity index (χ3v) is 6.51. The van der Waals surface area contributed by atoms with Crippen molar-refractivity contribution in [3.8, 4) is 16.9 Å². The molecule has 0 radical (unpaired) electrons. The first-order valence-corrected chi connectivity index (χ1v) is 10.2. The maximum atomic E-state index is 15.0. The van der Waals surface area contributed by atoms with Crippen LogP contribution < -0.4 is 4.74 Å². The molecule has 0 unspecified atom stereocenters. The van der Waals surface area contributed by atoms with E-state index in [0.717, 1.165) is 64.9 Å². The van der Waals surface area contributed by atoms with E-state index < -0.39 is 0 Å². The number of carbonyl (C=O) groups excluding carboxylic acids is 1. The van der Waals surface area contributed by atoms with Gasteiger partial charge in [0.1, 0.15) is 0 Å². The number of hydrogen-bond donors (Lipinski definition) is 0. The second-order valence-electron chi connectivity index (χ2n) is 8.28. The van der Waals surface area contributed by atoms with Crippen LogP contribution in [0.5, 0.6) is 5.75 Å². The highest BCUT2D eigenvalue weighted by Gasteiger charge is 2.29. The molecule has 4 nitrogen and oxygen atoms in total. The normalized spacial score (nSPS) is 15.7. The van der Waals surface area contributed by atoms with E-state index in [1.54, 1.807) is 6.07 Å². The van der Waals surface area contributed by atoms with Gasteiger partial charge in [-0.2, -0.15) is 0 Å². The number of benzene rings is 2. The van der Waals surface area contributed by atoms with E-state index >= 15 is 4.39 Å². The summed E-state index contributed by atoms with van der Waals surface area (Å²) < 4.78 is 25.6. The van der Waals surface area contributed by atoms with Crippen LogP contribution in [0, 0.1) is 26.6 Å². The summed E-state index contributed by atoms with van der Waals surface area (Å²) >= 11 is 0. The highest BCUT2D eigenvalue weighted by Crippen LogP contribution is 2.43. The Hall–Kier alpha value is -2.40. The molecule has 2 heterocycles. The molecule has 0 aliphatic carbocycles. The molecule has 29 heavy (non-hydrogen) atoms. The quantitative estimate of drug-likeness (QED) is 0.720. The first-order valence-electron chi connectivity index (χ1n) is 10.2. The van der Waals surface area contributed by atoms with Crippen molar-refractivity contribution in [1.29, 1.82) is 0 Å². The van der Waals surface area contributed by atoms with E-state index in [0.29, 0.717) is 12.4 Å². The van der Waals surface area contributed by atoms with Gasteiger partial charge in [0, 0.05) is 18.7 Å². The molecular weight excluding hydrogens is 369 g/mol. The zero-order chi connectivity index (χ0) is 20.9. The van der Waals surface area contributed by atoms with E-state index in [1.165, 1.54) is 18.2 Å². The van der Waals surface area contributed by atoms with Gasteiger partial charge in [0.05, 0.1) is 20.1 Å². The summed E-state index contributed by atoms with van der Waals surface area (Å²) in [6, 6.07) is 1.59. The van der Waals surface area contributed by atoms with Crippen molar-refractivity contribution in [2.24, 2.45) is 0 Å². The molecule has 2 aliphatic heterocycles. The van der Waals surface area contributed by atoms with Gasteiger partial charge in [-0.25, -0.2) is 4.39 Å². The molecule has 2 aromatic rings. The van der Waals surface area contributed by atoms with E-state index in [-0.39, 0.29) is 18.2 Å². The number of ether oxygens (including phenoxy) is 2. The fourth-order valence-electron chi connectivity index (χ4n) is 4.94. The number of rotatable bonds is 3. The van der Waals surface area contributed by atoms with Crippen LogP contribution in [-0.2, 0) is 35.5 Å². The molecule has 0 saturated heterocycles. The van der Waals surface area contributed by atoms with Crippen molar-refractivity contribution in [3.63, 3.8) is 0 Å². The molecule has 0 atom stereocenters. The number of carbonyl (C=O) groups is 1. The van der Waals surface area contributed by atoms with Gasteiger partial charge in [0.2, 0.25) is 0 Å². The first-order chi connectivity index (χ1) is 13.8. The van der Waals surface area contributed by atoms with Crippen LogP contribution in [0.2, 0.25) is 0 Å². The number of hydrogen-bond acceptors (Lipinski definition) is 4. The molecule has 4 rings (SSSR count). The van der Waals surface area contributed by atoms with Gasteiger partial charge < -0.3 is 9.47 Å². The summed E-state index contributed by atoms with van der Waals surface area (Å²) in [6.45, 7) is 8.50. The highest BCUT2D eigenvalue weighted by atomic mass is 19.1. The predicted octanol–water partition coefficient (Wildman–Crippen LogP) is 4.40. The summed E-state index contributed by atoms with van der Waals surface area (Å²) in [5.41, 5.74) is 9.61. The number of esters is 1. The Labute approximate surface area is 171 Å². The minimum absolute atomic E-state index is 0.185. The van der Waals surface area contributed by atoms with Crippen molar-refractivity contribution >= 4 is 5.97 Å². The third kappa shape index (κ3) is 3.21. The van der Waals surface area contributed by atoms with Crippen LogP contribution in [0.15, 0.2) is 6.07 Å². The van der Waals surface area contributed by atoms with E-state index in [4.69, 9.17) is 9.47 Å². The molecular formula is C24H28FNO3. The number of halogens is 1. The Morgan fingerprint density at radius 3 is 2.52 bits per heavy atom. The molecule has 0 fully saturated rings. The molecule has 0 N–H and O–H groups in total. The number of fused-ring (bicyclic) bond motifs is 2. The van der Waals surface area contributed by atoms with E-state index in [1.807, 2.05) is 6.92 Å². The van der Waals surface area contributed by atoms with Crippen LogP contribution in [0.4, 0.5) is 4.39 Å². The molecule has 0 aromatic heterocycles. The van der Waals surface area contributed by atoms with Gasteiger partial charge in [-0.15, -0.1) is 0 Å². The molecule has 5 heteroatoms. The van der Waals surface area contributed by atoms with Crippen molar-refractivity contribution < 1.29 is 18.7 Å². The first kappa shape index (κ1) is 19.9. The van der Waals surface area contributed by atoms with Gasteiger partial charge in [-0.05, 0) is 91.2 Å². The lowest BCUT2D eigenvalue weighted by molar-refractivity contribution is -0.139.